The molecule has 3 nitrogen and oxygen atoms in total. The second-order valence-electron chi connectivity index (χ2n) is 7.01. The Hall–Kier alpha value is -1.94. The summed E-state index contributed by atoms with van der Waals surface area (Å²) >= 11 is 1.67. The van der Waals surface area contributed by atoms with Crippen LogP contribution in [0.5, 0.6) is 0 Å². The molecule has 0 saturated heterocycles. The molecule has 1 saturated carbocycles. The summed E-state index contributed by atoms with van der Waals surface area (Å²) in [5.74, 6) is 2.03. The molecule has 1 heterocycles. The van der Waals surface area contributed by atoms with Crippen molar-refractivity contribution < 1.29 is 0 Å². The highest BCUT2D eigenvalue weighted by Crippen LogP contribution is 2.42. The van der Waals surface area contributed by atoms with Crippen LogP contribution in [-0.2, 0) is 0 Å². The predicted octanol–water partition coefficient (Wildman–Crippen LogP) is 4.57. The third kappa shape index (κ3) is 3.03. The van der Waals surface area contributed by atoms with Gasteiger partial charge in [0.05, 0.1) is 5.69 Å². The normalized spacial score (nSPS) is 26.3. The molecule has 2 bridgehead atoms. The average Bonchev–Trinajstić information content (AvgIpc) is 3.29. The zero-order chi connectivity index (χ0) is 16.5. The Morgan fingerprint density at radius 2 is 2.00 bits per heavy atom. The summed E-state index contributed by atoms with van der Waals surface area (Å²) in [6.45, 7) is 4.22. The van der Waals surface area contributed by atoms with Gasteiger partial charge in [-0.1, -0.05) is 42.5 Å². The molecule has 2 aromatic rings. The lowest BCUT2D eigenvalue weighted by molar-refractivity contribution is 0.589. The first-order valence-electron chi connectivity index (χ1n) is 8.73. The van der Waals surface area contributed by atoms with Gasteiger partial charge in [-0.15, -0.1) is 11.3 Å². The van der Waals surface area contributed by atoms with Gasteiger partial charge in [0.25, 0.3) is 0 Å². The van der Waals surface area contributed by atoms with Gasteiger partial charge in [-0.3, -0.25) is 4.99 Å². The van der Waals surface area contributed by atoms with E-state index in [1.165, 1.54) is 18.4 Å². The third-order valence-electron chi connectivity index (χ3n) is 4.83. The van der Waals surface area contributed by atoms with E-state index in [0.29, 0.717) is 11.8 Å². The Balaban J connectivity index is 1.72. The molecule has 0 N–H and O–H groups in total. The number of thiazole rings is 1. The Morgan fingerprint density at radius 1 is 1.17 bits per heavy atom. The molecule has 1 aromatic heterocycles. The lowest BCUT2D eigenvalue weighted by atomic mass is 9.95. The van der Waals surface area contributed by atoms with Crippen molar-refractivity contribution in [3.8, 4) is 11.3 Å². The fourth-order valence-electron chi connectivity index (χ4n) is 3.68. The minimum absolute atomic E-state index is 0.263. The highest BCUT2D eigenvalue weighted by atomic mass is 32.1. The van der Waals surface area contributed by atoms with Crippen molar-refractivity contribution in [1.29, 1.82) is 0 Å². The van der Waals surface area contributed by atoms with Crippen LogP contribution in [0.25, 0.3) is 11.3 Å². The Morgan fingerprint density at radius 3 is 2.67 bits per heavy atom. The van der Waals surface area contributed by atoms with Gasteiger partial charge in [0.2, 0.25) is 4.80 Å². The summed E-state index contributed by atoms with van der Waals surface area (Å²) in [4.78, 5) is 5.72. The Kier molecular flexibility index (Phi) is 4.23. The number of hydrogen-bond donors (Lipinski definition) is 0. The summed E-state index contributed by atoms with van der Waals surface area (Å²) in [6.07, 6.45) is 9.46. The molecule has 1 aromatic carbocycles. The van der Waals surface area contributed by atoms with E-state index in [9.17, 15) is 0 Å². The molecule has 0 radical (unpaired) electrons. The predicted molar refractivity (Wildman–Crippen MR) is 101 cm³/mol. The van der Waals surface area contributed by atoms with Crippen molar-refractivity contribution >= 4 is 17.6 Å². The van der Waals surface area contributed by atoms with Crippen molar-refractivity contribution in [3.63, 3.8) is 0 Å². The number of benzene rings is 1. The maximum atomic E-state index is 4.87. The molecular formula is C20H23N3S. The van der Waals surface area contributed by atoms with Gasteiger partial charge in [-0.25, -0.2) is 4.68 Å². The topological polar surface area (TPSA) is 29.6 Å². The smallest absolute Gasteiger partial charge is 0.206 e. The summed E-state index contributed by atoms with van der Waals surface area (Å²) < 4.78 is 2.02. The molecule has 0 amide bonds. The van der Waals surface area contributed by atoms with Crippen LogP contribution in [0.3, 0.4) is 0 Å². The molecule has 24 heavy (non-hydrogen) atoms. The summed E-state index contributed by atoms with van der Waals surface area (Å²) in [6, 6.07) is 10.7. The van der Waals surface area contributed by atoms with Crippen molar-refractivity contribution in [2.45, 2.75) is 32.7 Å². The molecule has 1 fully saturated rings. The largest absolute Gasteiger partial charge is 0.255 e. The molecule has 4 rings (SSSR count). The fourth-order valence-corrected chi connectivity index (χ4v) is 4.65. The second kappa shape index (κ2) is 6.52. The number of rotatable bonds is 4. The van der Waals surface area contributed by atoms with Gasteiger partial charge in [-0.2, -0.15) is 5.10 Å². The van der Waals surface area contributed by atoms with Crippen LogP contribution in [0.1, 0.15) is 26.7 Å². The lowest BCUT2D eigenvalue weighted by Crippen LogP contribution is -2.16. The maximum Gasteiger partial charge on any atom is 0.206 e. The van der Waals surface area contributed by atoms with Gasteiger partial charge in [-0.05, 0) is 38.5 Å². The van der Waals surface area contributed by atoms with Gasteiger partial charge in [0.15, 0.2) is 0 Å². The number of nitrogens with zero attached hydrogens (tertiary/aromatic N) is 3. The van der Waals surface area contributed by atoms with Crippen LogP contribution in [0.2, 0.25) is 0 Å². The Bertz CT molecular complexity index is 826. The van der Waals surface area contributed by atoms with E-state index in [0.717, 1.165) is 16.4 Å². The van der Waals surface area contributed by atoms with E-state index in [1.54, 1.807) is 11.3 Å². The number of hydrogen-bond acceptors (Lipinski definition) is 3. The molecule has 2 aliphatic carbocycles. The van der Waals surface area contributed by atoms with Crippen molar-refractivity contribution in [2.75, 3.05) is 0 Å². The summed E-state index contributed by atoms with van der Waals surface area (Å²) in [5, 5.41) is 7.03. The van der Waals surface area contributed by atoms with E-state index in [2.05, 4.69) is 61.9 Å². The van der Waals surface area contributed by atoms with Gasteiger partial charge < -0.3 is 0 Å². The van der Waals surface area contributed by atoms with Crippen LogP contribution in [0.15, 0.2) is 58.0 Å². The number of allylic oxidation sites excluding steroid dienone is 2. The second-order valence-corrected chi connectivity index (χ2v) is 7.85. The van der Waals surface area contributed by atoms with Crippen molar-refractivity contribution in [1.82, 2.24) is 4.68 Å². The molecule has 3 unspecified atom stereocenters. The molecule has 0 spiro atoms. The SMILES string of the molecule is CC(C)N=c1scc(-c2ccccc2)n1N=CC1CC2C=CC1C2. The highest BCUT2D eigenvalue weighted by Gasteiger charge is 2.34. The first kappa shape index (κ1) is 15.6. The van der Waals surface area contributed by atoms with Crippen LogP contribution < -0.4 is 4.80 Å². The van der Waals surface area contributed by atoms with Crippen LogP contribution in [0, 0.1) is 17.8 Å². The minimum Gasteiger partial charge on any atom is -0.255 e. The van der Waals surface area contributed by atoms with Crippen LogP contribution in [0.4, 0.5) is 0 Å². The summed E-state index contributed by atoms with van der Waals surface area (Å²) in [7, 11) is 0. The number of fused-ring (bicyclic) bond motifs is 2. The van der Waals surface area contributed by atoms with Crippen LogP contribution >= 0.6 is 11.3 Å². The molecule has 3 atom stereocenters. The van der Waals surface area contributed by atoms with Gasteiger partial charge in [0, 0.05) is 29.1 Å². The van der Waals surface area contributed by atoms with E-state index in [4.69, 9.17) is 10.1 Å². The van der Waals surface area contributed by atoms with E-state index >= 15 is 0 Å². The van der Waals surface area contributed by atoms with Gasteiger partial charge in [0.1, 0.15) is 0 Å². The quantitative estimate of drug-likeness (QED) is 0.578. The first-order chi connectivity index (χ1) is 11.7. The highest BCUT2D eigenvalue weighted by molar-refractivity contribution is 7.07. The van der Waals surface area contributed by atoms with E-state index in [1.807, 2.05) is 10.7 Å². The standard InChI is InChI=1S/C20H23N3S/c1-14(2)22-20-23(19(13-24-20)16-6-4-3-5-7-16)21-12-18-11-15-8-9-17(18)10-15/h3-9,12-15,17-18H,10-11H2,1-2H3. The molecule has 0 aliphatic heterocycles. The zero-order valence-corrected chi connectivity index (χ0v) is 15.0. The van der Waals surface area contributed by atoms with Crippen molar-refractivity contribution in [2.24, 2.45) is 27.8 Å². The molecule has 2 aliphatic rings. The fraction of sp³-hybridized carbons (Fsp3) is 0.400. The zero-order valence-electron chi connectivity index (χ0n) is 14.2. The summed E-state index contributed by atoms with van der Waals surface area (Å²) in [5.41, 5.74) is 2.30. The van der Waals surface area contributed by atoms with Gasteiger partial charge >= 0.3 is 0 Å². The molecule has 124 valence electrons. The Labute approximate surface area is 147 Å². The average molecular weight is 337 g/mol. The van der Waals surface area contributed by atoms with E-state index < -0.39 is 0 Å². The van der Waals surface area contributed by atoms with Crippen molar-refractivity contribution in [3.05, 3.63) is 52.7 Å². The first-order valence-corrected chi connectivity index (χ1v) is 9.61. The third-order valence-corrected chi connectivity index (χ3v) is 5.66. The maximum absolute atomic E-state index is 4.87. The minimum atomic E-state index is 0.263. The molecular weight excluding hydrogens is 314 g/mol. The lowest BCUT2D eigenvalue weighted by Gasteiger charge is -2.12. The van der Waals surface area contributed by atoms with Crippen LogP contribution in [-0.4, -0.2) is 16.9 Å². The monoisotopic (exact) mass is 337 g/mol. The number of aromatic nitrogens is 1. The molecule has 4 heteroatoms. The van der Waals surface area contributed by atoms with E-state index in [-0.39, 0.29) is 6.04 Å².